The van der Waals surface area contributed by atoms with Crippen LogP contribution in [0.4, 0.5) is 0 Å². The summed E-state index contributed by atoms with van der Waals surface area (Å²) >= 11 is 0. The van der Waals surface area contributed by atoms with Crippen molar-refractivity contribution in [2.75, 3.05) is 6.54 Å². The van der Waals surface area contributed by atoms with Crippen molar-refractivity contribution in [3.05, 3.63) is 83.9 Å². The number of para-hydroxylation sites is 2. The summed E-state index contributed by atoms with van der Waals surface area (Å²) in [6.07, 6.45) is 1.72. The number of rotatable bonds is 5. The van der Waals surface area contributed by atoms with Crippen molar-refractivity contribution in [3.63, 3.8) is 0 Å². The summed E-state index contributed by atoms with van der Waals surface area (Å²) in [6, 6.07) is 23.2. The monoisotopic (exact) mass is 395 g/mol. The predicted molar refractivity (Wildman–Crippen MR) is 117 cm³/mol. The number of aromatic nitrogens is 2. The van der Waals surface area contributed by atoms with Gasteiger partial charge in [0.05, 0.1) is 27.8 Å². The van der Waals surface area contributed by atoms with Gasteiger partial charge in [-0.05, 0) is 30.7 Å². The molecule has 0 spiro atoms. The molecule has 3 aromatic carbocycles. The van der Waals surface area contributed by atoms with Crippen LogP contribution in [0.5, 0.6) is 0 Å². The molecule has 5 heteroatoms. The van der Waals surface area contributed by atoms with Crippen molar-refractivity contribution >= 4 is 22.8 Å². The molecule has 0 radical (unpaired) electrons. The number of unbranched alkanes of at least 4 members (excludes halogenated alkanes) is 1. The largest absolute Gasteiger partial charge is 0.291 e. The van der Waals surface area contributed by atoms with E-state index < -0.39 is 0 Å². The Morgan fingerprint density at radius 3 is 2.40 bits per heavy atom. The van der Waals surface area contributed by atoms with Gasteiger partial charge < -0.3 is 0 Å². The lowest BCUT2D eigenvalue weighted by Gasteiger charge is -2.14. The van der Waals surface area contributed by atoms with Crippen LogP contribution < -0.4 is 0 Å². The minimum absolute atomic E-state index is 0.212. The molecule has 0 aliphatic carbocycles. The number of fused-ring (bicyclic) bond motifs is 2. The third-order valence-corrected chi connectivity index (χ3v) is 5.55. The minimum Gasteiger partial charge on any atom is -0.291 e. The first kappa shape index (κ1) is 18.3. The molecule has 0 N–H and O–H groups in total. The van der Waals surface area contributed by atoms with Crippen LogP contribution in [0, 0.1) is 0 Å². The third kappa shape index (κ3) is 2.74. The van der Waals surface area contributed by atoms with Crippen LogP contribution in [0.2, 0.25) is 0 Å². The summed E-state index contributed by atoms with van der Waals surface area (Å²) in [5.41, 5.74) is 4.30. The first-order valence-electron chi connectivity index (χ1n) is 10.2. The van der Waals surface area contributed by atoms with Crippen molar-refractivity contribution in [2.24, 2.45) is 0 Å². The standard InChI is InChI=1S/C25H21N3O2/c1-2-3-16-27-24(29)18-12-9-15-21(22(18)25(27)30)28-20-14-8-7-13-19(20)26-23(28)17-10-5-4-6-11-17/h4-15H,2-3,16H2,1H3. The van der Waals surface area contributed by atoms with Gasteiger partial charge in [0.1, 0.15) is 5.82 Å². The molecule has 148 valence electrons. The molecule has 4 aromatic rings. The molecule has 0 saturated heterocycles. The Bertz CT molecular complexity index is 1270. The lowest BCUT2D eigenvalue weighted by Crippen LogP contribution is -2.30. The summed E-state index contributed by atoms with van der Waals surface area (Å²) in [5.74, 6) is 0.310. The topological polar surface area (TPSA) is 55.2 Å². The Kier molecular flexibility index (Phi) is 4.43. The number of benzene rings is 3. The maximum atomic E-state index is 13.3. The molecule has 0 atom stereocenters. The van der Waals surface area contributed by atoms with Gasteiger partial charge in [-0.2, -0.15) is 0 Å². The van der Waals surface area contributed by atoms with Gasteiger partial charge >= 0.3 is 0 Å². The zero-order valence-corrected chi connectivity index (χ0v) is 16.7. The summed E-state index contributed by atoms with van der Waals surface area (Å²) in [7, 11) is 0. The number of carbonyl (C=O) groups excluding carboxylic acids is 2. The molecule has 0 saturated carbocycles. The summed E-state index contributed by atoms with van der Waals surface area (Å²) in [5, 5.41) is 0. The fraction of sp³-hybridized carbons (Fsp3) is 0.160. The van der Waals surface area contributed by atoms with Crippen LogP contribution in [-0.2, 0) is 0 Å². The molecule has 1 aliphatic rings. The highest BCUT2D eigenvalue weighted by Gasteiger charge is 2.38. The molecule has 5 nitrogen and oxygen atoms in total. The van der Waals surface area contributed by atoms with E-state index in [-0.39, 0.29) is 11.8 Å². The number of carbonyl (C=O) groups is 2. The van der Waals surface area contributed by atoms with Crippen molar-refractivity contribution < 1.29 is 9.59 Å². The summed E-state index contributed by atoms with van der Waals surface area (Å²) in [6.45, 7) is 2.49. The van der Waals surface area contributed by atoms with Gasteiger partial charge in [-0.25, -0.2) is 4.98 Å². The second kappa shape index (κ2) is 7.26. The van der Waals surface area contributed by atoms with Crippen molar-refractivity contribution in [1.82, 2.24) is 14.5 Å². The third-order valence-electron chi connectivity index (χ3n) is 5.55. The number of nitrogens with zero attached hydrogens (tertiary/aromatic N) is 3. The van der Waals surface area contributed by atoms with Crippen LogP contribution in [0.3, 0.4) is 0 Å². The van der Waals surface area contributed by atoms with E-state index in [0.29, 0.717) is 23.4 Å². The fourth-order valence-corrected chi connectivity index (χ4v) is 4.07. The fourth-order valence-electron chi connectivity index (χ4n) is 4.07. The van der Waals surface area contributed by atoms with Crippen LogP contribution in [0.1, 0.15) is 40.5 Å². The van der Waals surface area contributed by atoms with Crippen LogP contribution in [0.15, 0.2) is 72.8 Å². The van der Waals surface area contributed by atoms with E-state index in [9.17, 15) is 9.59 Å². The Balaban J connectivity index is 1.77. The SMILES string of the molecule is CCCCN1C(=O)c2cccc(-n3c(-c4ccccc4)nc4ccccc43)c2C1=O. The Morgan fingerprint density at radius 2 is 1.60 bits per heavy atom. The molecule has 30 heavy (non-hydrogen) atoms. The normalized spacial score (nSPS) is 13.3. The van der Waals surface area contributed by atoms with Crippen LogP contribution in [0.25, 0.3) is 28.1 Å². The molecule has 1 aromatic heterocycles. The average Bonchev–Trinajstić information content (AvgIpc) is 3.29. The van der Waals surface area contributed by atoms with Gasteiger partial charge in [0.2, 0.25) is 0 Å². The number of imidazole rings is 1. The molecule has 0 fully saturated rings. The van der Waals surface area contributed by atoms with Gasteiger partial charge in [-0.1, -0.05) is 61.9 Å². The van der Waals surface area contributed by atoms with Crippen molar-refractivity contribution in [1.29, 1.82) is 0 Å². The first-order valence-corrected chi connectivity index (χ1v) is 10.2. The molecule has 2 amide bonds. The Labute approximate surface area is 174 Å². The van der Waals surface area contributed by atoms with Gasteiger partial charge in [0, 0.05) is 12.1 Å². The molecule has 1 aliphatic heterocycles. The Hall–Kier alpha value is -3.73. The van der Waals surface area contributed by atoms with Gasteiger partial charge in [0.25, 0.3) is 11.8 Å². The van der Waals surface area contributed by atoms with E-state index in [1.165, 1.54) is 4.90 Å². The second-order valence-electron chi connectivity index (χ2n) is 7.44. The molecular weight excluding hydrogens is 374 g/mol. The summed E-state index contributed by atoms with van der Waals surface area (Å²) < 4.78 is 2.00. The maximum Gasteiger partial charge on any atom is 0.263 e. The number of imide groups is 1. The van der Waals surface area contributed by atoms with E-state index in [4.69, 9.17) is 4.98 Å². The van der Waals surface area contributed by atoms with Crippen LogP contribution >= 0.6 is 0 Å². The smallest absolute Gasteiger partial charge is 0.263 e. The minimum atomic E-state index is -0.226. The zero-order chi connectivity index (χ0) is 20.7. The van der Waals surface area contributed by atoms with E-state index in [1.807, 2.05) is 78.2 Å². The summed E-state index contributed by atoms with van der Waals surface area (Å²) in [4.78, 5) is 32.4. The van der Waals surface area contributed by atoms with E-state index in [1.54, 1.807) is 6.07 Å². The number of hydrogen-bond donors (Lipinski definition) is 0. The van der Waals surface area contributed by atoms with Gasteiger partial charge in [-0.3, -0.25) is 19.1 Å². The highest BCUT2D eigenvalue weighted by molar-refractivity contribution is 6.23. The highest BCUT2D eigenvalue weighted by Crippen LogP contribution is 2.34. The van der Waals surface area contributed by atoms with Crippen molar-refractivity contribution in [3.8, 4) is 17.1 Å². The maximum absolute atomic E-state index is 13.3. The quantitative estimate of drug-likeness (QED) is 0.442. The zero-order valence-electron chi connectivity index (χ0n) is 16.7. The lowest BCUT2D eigenvalue weighted by atomic mass is 10.1. The molecule has 0 bridgehead atoms. The van der Waals surface area contributed by atoms with Crippen LogP contribution in [-0.4, -0.2) is 32.8 Å². The Morgan fingerprint density at radius 1 is 0.833 bits per heavy atom. The first-order chi connectivity index (χ1) is 14.7. The van der Waals surface area contributed by atoms with Gasteiger partial charge in [0.15, 0.2) is 0 Å². The average molecular weight is 395 g/mol. The lowest BCUT2D eigenvalue weighted by molar-refractivity contribution is 0.0652. The second-order valence-corrected chi connectivity index (χ2v) is 7.44. The highest BCUT2D eigenvalue weighted by atomic mass is 16.2. The molecular formula is C25H21N3O2. The van der Waals surface area contributed by atoms with E-state index in [2.05, 4.69) is 0 Å². The molecule has 2 heterocycles. The van der Waals surface area contributed by atoms with E-state index in [0.717, 1.165) is 35.3 Å². The molecule has 5 rings (SSSR count). The van der Waals surface area contributed by atoms with Gasteiger partial charge in [-0.15, -0.1) is 0 Å². The van der Waals surface area contributed by atoms with E-state index >= 15 is 0 Å². The van der Waals surface area contributed by atoms with Crippen molar-refractivity contribution in [2.45, 2.75) is 19.8 Å². The predicted octanol–water partition coefficient (Wildman–Crippen LogP) is 5.09. The number of hydrogen-bond acceptors (Lipinski definition) is 3. The number of amides is 2. The molecule has 0 unspecified atom stereocenters.